The largest absolute Gasteiger partial charge is 0.289 e. The van der Waals surface area contributed by atoms with Crippen LogP contribution in [-0.4, -0.2) is 15.6 Å². The Labute approximate surface area is 133 Å². The highest BCUT2D eigenvalue weighted by molar-refractivity contribution is 6.34. The third-order valence-corrected chi connectivity index (χ3v) is 3.52. The molecule has 0 spiro atoms. The molecule has 1 heterocycles. The number of hydrogen-bond acceptors (Lipinski definition) is 2. The summed E-state index contributed by atoms with van der Waals surface area (Å²) in [5.41, 5.74) is 2.32. The average molecular weight is 309 g/mol. The first-order valence-electron chi connectivity index (χ1n) is 6.81. The highest BCUT2D eigenvalue weighted by atomic mass is 35.5. The molecule has 4 heteroatoms. The Balaban J connectivity index is 1.78. The molecule has 0 fully saturated rings. The van der Waals surface area contributed by atoms with Gasteiger partial charge in [0.1, 0.15) is 0 Å². The molecule has 3 aromatic rings. The van der Waals surface area contributed by atoms with Gasteiger partial charge in [-0.15, -0.1) is 0 Å². The number of para-hydroxylation sites is 1. The molecule has 0 aliphatic heterocycles. The van der Waals surface area contributed by atoms with Crippen molar-refractivity contribution in [3.8, 4) is 5.69 Å². The van der Waals surface area contributed by atoms with Gasteiger partial charge in [0.25, 0.3) is 0 Å². The Kier molecular flexibility index (Phi) is 4.17. The van der Waals surface area contributed by atoms with Crippen LogP contribution in [0.25, 0.3) is 11.8 Å². The van der Waals surface area contributed by atoms with Crippen molar-refractivity contribution >= 4 is 23.5 Å². The number of ketones is 1. The van der Waals surface area contributed by atoms with E-state index in [0.717, 1.165) is 11.3 Å². The molecule has 0 radical (unpaired) electrons. The van der Waals surface area contributed by atoms with Crippen LogP contribution in [0.1, 0.15) is 15.9 Å². The maximum absolute atomic E-state index is 12.1. The molecule has 0 saturated heterocycles. The first kappa shape index (κ1) is 14.3. The minimum absolute atomic E-state index is 0.127. The van der Waals surface area contributed by atoms with Crippen LogP contribution >= 0.6 is 11.6 Å². The number of carbonyl (C=O) groups excluding carboxylic acids is 1. The van der Waals surface area contributed by atoms with Crippen molar-refractivity contribution in [1.29, 1.82) is 0 Å². The van der Waals surface area contributed by atoms with Crippen LogP contribution in [0.15, 0.2) is 73.1 Å². The second-order valence-corrected chi connectivity index (χ2v) is 5.14. The van der Waals surface area contributed by atoms with Gasteiger partial charge < -0.3 is 0 Å². The van der Waals surface area contributed by atoms with Crippen molar-refractivity contribution in [2.45, 2.75) is 0 Å². The molecule has 0 saturated carbocycles. The van der Waals surface area contributed by atoms with E-state index in [1.165, 1.54) is 6.08 Å². The van der Waals surface area contributed by atoms with Gasteiger partial charge >= 0.3 is 0 Å². The van der Waals surface area contributed by atoms with Crippen LogP contribution < -0.4 is 0 Å². The van der Waals surface area contributed by atoms with Gasteiger partial charge in [0.05, 0.1) is 16.9 Å². The molecular weight excluding hydrogens is 296 g/mol. The molecule has 108 valence electrons. The summed E-state index contributed by atoms with van der Waals surface area (Å²) < 4.78 is 1.76. The smallest absolute Gasteiger partial charge is 0.187 e. The lowest BCUT2D eigenvalue weighted by molar-refractivity contribution is 0.104. The molecule has 0 atom stereocenters. The van der Waals surface area contributed by atoms with Crippen molar-refractivity contribution in [2.75, 3.05) is 0 Å². The van der Waals surface area contributed by atoms with Gasteiger partial charge in [-0.25, -0.2) is 4.68 Å². The normalized spacial score (nSPS) is 11.0. The van der Waals surface area contributed by atoms with Crippen LogP contribution in [0, 0.1) is 0 Å². The molecule has 0 unspecified atom stereocenters. The van der Waals surface area contributed by atoms with E-state index in [2.05, 4.69) is 5.10 Å². The first-order valence-corrected chi connectivity index (χ1v) is 7.19. The zero-order chi connectivity index (χ0) is 15.4. The number of allylic oxidation sites excluding steroid dienone is 1. The van der Waals surface area contributed by atoms with Gasteiger partial charge in [0.2, 0.25) is 0 Å². The minimum atomic E-state index is -0.127. The molecule has 2 aromatic carbocycles. The topological polar surface area (TPSA) is 34.9 Å². The quantitative estimate of drug-likeness (QED) is 0.528. The van der Waals surface area contributed by atoms with Gasteiger partial charge in [-0.05, 0) is 36.4 Å². The van der Waals surface area contributed by atoms with E-state index in [4.69, 9.17) is 11.6 Å². The van der Waals surface area contributed by atoms with Crippen LogP contribution in [-0.2, 0) is 0 Å². The van der Waals surface area contributed by atoms with Gasteiger partial charge in [-0.1, -0.05) is 41.9 Å². The fourth-order valence-corrected chi connectivity index (χ4v) is 2.30. The fourth-order valence-electron chi connectivity index (χ4n) is 2.07. The fraction of sp³-hybridized carbons (Fsp3) is 0. The van der Waals surface area contributed by atoms with E-state index in [1.807, 2.05) is 36.5 Å². The highest BCUT2D eigenvalue weighted by Gasteiger charge is 2.06. The maximum Gasteiger partial charge on any atom is 0.187 e. The van der Waals surface area contributed by atoms with Crippen molar-refractivity contribution in [2.24, 2.45) is 0 Å². The predicted octanol–water partition coefficient (Wildman–Crippen LogP) is 4.42. The highest BCUT2D eigenvalue weighted by Crippen LogP contribution is 2.16. The number of halogens is 1. The third kappa shape index (κ3) is 3.15. The van der Waals surface area contributed by atoms with Gasteiger partial charge in [-0.3, -0.25) is 4.79 Å². The summed E-state index contributed by atoms with van der Waals surface area (Å²) in [6.07, 6.45) is 6.82. The molecule has 0 aliphatic carbocycles. The molecule has 3 nitrogen and oxygen atoms in total. The van der Waals surface area contributed by atoms with E-state index >= 15 is 0 Å². The molecule has 0 bridgehead atoms. The molecule has 0 amide bonds. The number of benzene rings is 2. The van der Waals surface area contributed by atoms with E-state index in [9.17, 15) is 4.79 Å². The zero-order valence-corrected chi connectivity index (χ0v) is 12.4. The molecule has 3 rings (SSSR count). The Morgan fingerprint density at radius 1 is 1.05 bits per heavy atom. The number of rotatable bonds is 4. The lowest BCUT2D eigenvalue weighted by Crippen LogP contribution is -1.94. The Hall–Kier alpha value is -2.65. The average Bonchev–Trinajstić information content (AvgIpc) is 3.03. The Morgan fingerprint density at radius 2 is 1.77 bits per heavy atom. The monoisotopic (exact) mass is 308 g/mol. The van der Waals surface area contributed by atoms with Crippen LogP contribution in [0.4, 0.5) is 0 Å². The van der Waals surface area contributed by atoms with Crippen LogP contribution in [0.2, 0.25) is 5.02 Å². The number of carbonyl (C=O) groups is 1. The summed E-state index contributed by atoms with van der Waals surface area (Å²) in [5, 5.41) is 4.74. The summed E-state index contributed by atoms with van der Waals surface area (Å²) in [6.45, 7) is 0. The summed E-state index contributed by atoms with van der Waals surface area (Å²) >= 11 is 6.01. The minimum Gasteiger partial charge on any atom is -0.289 e. The molecule has 0 aliphatic rings. The van der Waals surface area contributed by atoms with E-state index in [-0.39, 0.29) is 5.78 Å². The number of nitrogens with zero attached hydrogens (tertiary/aromatic N) is 2. The predicted molar refractivity (Wildman–Crippen MR) is 88.4 cm³/mol. The molecule has 1 aromatic heterocycles. The maximum atomic E-state index is 12.1. The zero-order valence-electron chi connectivity index (χ0n) is 11.7. The lowest BCUT2D eigenvalue weighted by atomic mass is 10.1. The molecule has 22 heavy (non-hydrogen) atoms. The second kappa shape index (κ2) is 6.41. The molecule has 0 N–H and O–H groups in total. The number of hydrogen-bond donors (Lipinski definition) is 0. The van der Waals surface area contributed by atoms with Gasteiger partial charge in [0, 0.05) is 17.3 Å². The van der Waals surface area contributed by atoms with Crippen LogP contribution in [0.5, 0.6) is 0 Å². The van der Waals surface area contributed by atoms with Crippen LogP contribution in [0.3, 0.4) is 0 Å². The first-order chi connectivity index (χ1) is 10.7. The SMILES string of the molecule is O=C(/C=C/c1cnn(-c2ccccc2)c1)c1ccccc1Cl. The van der Waals surface area contributed by atoms with E-state index in [0.29, 0.717) is 10.6 Å². The lowest BCUT2D eigenvalue weighted by Gasteiger charge is -1.98. The summed E-state index contributed by atoms with van der Waals surface area (Å²) in [6, 6.07) is 16.8. The Morgan fingerprint density at radius 3 is 2.55 bits per heavy atom. The molecular formula is C18H13ClN2O. The Bertz CT molecular complexity index is 822. The second-order valence-electron chi connectivity index (χ2n) is 4.73. The van der Waals surface area contributed by atoms with Gasteiger partial charge in [0.15, 0.2) is 5.78 Å². The summed E-state index contributed by atoms with van der Waals surface area (Å²) in [4.78, 5) is 12.1. The van der Waals surface area contributed by atoms with Crippen molar-refractivity contribution in [3.05, 3.63) is 89.2 Å². The van der Waals surface area contributed by atoms with Crippen molar-refractivity contribution < 1.29 is 4.79 Å². The standard InChI is InChI=1S/C18H13ClN2O/c19-17-9-5-4-8-16(17)18(22)11-10-14-12-20-21(13-14)15-6-2-1-3-7-15/h1-13H/b11-10+. The van der Waals surface area contributed by atoms with Crippen molar-refractivity contribution in [3.63, 3.8) is 0 Å². The van der Waals surface area contributed by atoms with E-state index in [1.54, 1.807) is 41.2 Å². The third-order valence-electron chi connectivity index (χ3n) is 3.19. The van der Waals surface area contributed by atoms with Gasteiger partial charge in [-0.2, -0.15) is 5.10 Å². The number of aromatic nitrogens is 2. The van der Waals surface area contributed by atoms with E-state index < -0.39 is 0 Å². The van der Waals surface area contributed by atoms with Crippen molar-refractivity contribution in [1.82, 2.24) is 9.78 Å². The summed E-state index contributed by atoms with van der Waals surface area (Å²) in [5.74, 6) is -0.127. The summed E-state index contributed by atoms with van der Waals surface area (Å²) in [7, 11) is 0.